The molecule has 0 aromatic heterocycles. The zero-order valence-corrected chi connectivity index (χ0v) is 19.2. The third-order valence-electron chi connectivity index (χ3n) is 6.16. The van der Waals surface area contributed by atoms with Crippen molar-refractivity contribution in [3.63, 3.8) is 0 Å². The molecule has 0 atom stereocenters. The van der Waals surface area contributed by atoms with Crippen molar-refractivity contribution in [2.24, 2.45) is 0 Å². The molecule has 0 N–H and O–H groups in total. The first-order valence-electron chi connectivity index (χ1n) is 11.4. The van der Waals surface area contributed by atoms with Gasteiger partial charge in [0.15, 0.2) is 0 Å². The normalized spacial score (nSPS) is 17.5. The predicted molar refractivity (Wildman–Crippen MR) is 119 cm³/mol. The second kappa shape index (κ2) is 12.0. The van der Waals surface area contributed by atoms with E-state index < -0.39 is 10.0 Å². The second-order valence-corrected chi connectivity index (χ2v) is 11.0. The molecule has 1 saturated heterocycles. The van der Waals surface area contributed by atoms with E-state index in [2.05, 4.69) is 14.0 Å². The summed E-state index contributed by atoms with van der Waals surface area (Å²) in [5, 5.41) is 0. The van der Waals surface area contributed by atoms with E-state index in [0.717, 1.165) is 48.9 Å². The SMILES string of the molecule is CCCCCCCCCCCS(=O)(=O)N1CC[N+](C)(Cc2ccc(F)cc2)CC1. The van der Waals surface area contributed by atoms with Gasteiger partial charge < -0.3 is 4.48 Å². The first-order valence-corrected chi connectivity index (χ1v) is 13.0. The molecule has 0 bridgehead atoms. The smallest absolute Gasteiger partial charge is 0.214 e. The third-order valence-corrected chi connectivity index (χ3v) is 8.11. The lowest BCUT2D eigenvalue weighted by Gasteiger charge is -2.41. The van der Waals surface area contributed by atoms with Crippen LogP contribution in [0.5, 0.6) is 0 Å². The largest absolute Gasteiger partial charge is 0.320 e. The molecule has 0 spiro atoms. The van der Waals surface area contributed by atoms with Gasteiger partial charge in [0, 0.05) is 5.56 Å². The molecule has 1 fully saturated rings. The van der Waals surface area contributed by atoms with Crippen LogP contribution < -0.4 is 0 Å². The lowest BCUT2D eigenvalue weighted by atomic mass is 10.1. The van der Waals surface area contributed by atoms with E-state index in [1.165, 1.54) is 50.7 Å². The Morgan fingerprint density at radius 3 is 1.97 bits per heavy atom. The first-order chi connectivity index (χ1) is 13.8. The molecule has 1 aromatic rings. The molecular weight excluding hydrogens is 387 g/mol. The third kappa shape index (κ3) is 8.73. The van der Waals surface area contributed by atoms with Crippen molar-refractivity contribution < 1.29 is 17.3 Å². The van der Waals surface area contributed by atoms with E-state index in [9.17, 15) is 12.8 Å². The molecule has 4 nitrogen and oxygen atoms in total. The van der Waals surface area contributed by atoms with Crippen LogP contribution in [0.15, 0.2) is 24.3 Å². The van der Waals surface area contributed by atoms with Crippen LogP contribution in [0.3, 0.4) is 0 Å². The van der Waals surface area contributed by atoms with Gasteiger partial charge in [0.2, 0.25) is 10.0 Å². The first kappa shape index (κ1) is 24.3. The maximum atomic E-state index is 13.1. The quantitative estimate of drug-likeness (QED) is 0.330. The van der Waals surface area contributed by atoms with Crippen LogP contribution in [-0.4, -0.2) is 56.2 Å². The van der Waals surface area contributed by atoms with Crippen molar-refractivity contribution in [1.29, 1.82) is 0 Å². The van der Waals surface area contributed by atoms with Gasteiger partial charge in [-0.3, -0.25) is 0 Å². The van der Waals surface area contributed by atoms with Gasteiger partial charge in [-0.25, -0.2) is 12.8 Å². The van der Waals surface area contributed by atoms with Gasteiger partial charge in [0.05, 0.1) is 39.0 Å². The molecule has 0 saturated carbocycles. The molecule has 1 aliphatic heterocycles. The number of unbranched alkanes of at least 4 members (excludes halogenated alkanes) is 8. The number of piperazine rings is 1. The van der Waals surface area contributed by atoms with E-state index in [1.54, 1.807) is 4.31 Å². The summed E-state index contributed by atoms with van der Waals surface area (Å²) in [6, 6.07) is 6.64. The minimum absolute atomic E-state index is 0.219. The van der Waals surface area contributed by atoms with Crippen molar-refractivity contribution in [2.45, 2.75) is 71.3 Å². The zero-order chi connectivity index (χ0) is 21.2. The van der Waals surface area contributed by atoms with Crippen LogP contribution in [0.2, 0.25) is 0 Å². The highest BCUT2D eigenvalue weighted by molar-refractivity contribution is 7.89. The van der Waals surface area contributed by atoms with Gasteiger partial charge in [0.1, 0.15) is 12.4 Å². The standard InChI is InChI=1S/C23H40FN2O2S/c1-3-4-5-6-7-8-9-10-11-20-29(27,28)25-16-18-26(2,19-17-25)21-22-12-14-23(24)15-13-22/h12-15H,3-11,16-21H2,1-2H3/q+1. The molecule has 29 heavy (non-hydrogen) atoms. The fourth-order valence-corrected chi connectivity index (χ4v) is 5.67. The monoisotopic (exact) mass is 427 g/mol. The van der Waals surface area contributed by atoms with Crippen molar-refractivity contribution in [1.82, 2.24) is 4.31 Å². The van der Waals surface area contributed by atoms with Gasteiger partial charge in [0.25, 0.3) is 0 Å². The van der Waals surface area contributed by atoms with Gasteiger partial charge in [-0.05, 0) is 18.6 Å². The Kier molecular flexibility index (Phi) is 10.1. The summed E-state index contributed by atoms with van der Waals surface area (Å²) < 4.78 is 40.9. The molecule has 1 aliphatic rings. The Balaban J connectivity index is 1.66. The van der Waals surface area contributed by atoms with Crippen molar-refractivity contribution in [2.75, 3.05) is 39.0 Å². The zero-order valence-electron chi connectivity index (χ0n) is 18.4. The number of sulfonamides is 1. The number of hydrogen-bond acceptors (Lipinski definition) is 2. The number of benzene rings is 1. The van der Waals surface area contributed by atoms with E-state index in [4.69, 9.17) is 0 Å². The lowest BCUT2D eigenvalue weighted by molar-refractivity contribution is -0.925. The molecule has 0 amide bonds. The summed E-state index contributed by atoms with van der Waals surface area (Å²) in [5.74, 6) is 0.0636. The minimum Gasteiger partial charge on any atom is -0.320 e. The summed E-state index contributed by atoms with van der Waals surface area (Å²) in [6.45, 7) is 5.80. The average molecular weight is 428 g/mol. The predicted octanol–water partition coefficient (Wildman–Crippen LogP) is 4.95. The van der Waals surface area contributed by atoms with Crippen molar-refractivity contribution >= 4 is 10.0 Å². The maximum Gasteiger partial charge on any atom is 0.214 e. The summed E-state index contributed by atoms with van der Waals surface area (Å²) in [4.78, 5) is 0. The van der Waals surface area contributed by atoms with Gasteiger partial charge in [-0.15, -0.1) is 0 Å². The number of hydrogen-bond donors (Lipinski definition) is 0. The van der Waals surface area contributed by atoms with Crippen LogP contribution in [0.1, 0.15) is 70.3 Å². The summed E-state index contributed by atoms with van der Waals surface area (Å²) in [5.41, 5.74) is 1.10. The number of nitrogens with zero attached hydrogens (tertiary/aromatic N) is 2. The van der Waals surface area contributed by atoms with Crippen molar-refractivity contribution in [3.05, 3.63) is 35.6 Å². The van der Waals surface area contributed by atoms with Crippen LogP contribution in [0, 0.1) is 5.82 Å². The maximum absolute atomic E-state index is 13.1. The number of quaternary nitrogens is 1. The molecule has 6 heteroatoms. The lowest BCUT2D eigenvalue weighted by Crippen LogP contribution is -2.57. The number of rotatable bonds is 13. The number of halogens is 1. The van der Waals surface area contributed by atoms with Crippen LogP contribution in [0.4, 0.5) is 4.39 Å². The molecule has 166 valence electrons. The Bertz CT molecular complexity index is 683. The van der Waals surface area contributed by atoms with Crippen LogP contribution >= 0.6 is 0 Å². The molecular formula is C23H40FN2O2S+. The molecule has 2 rings (SSSR count). The Hall–Kier alpha value is -0.980. The van der Waals surface area contributed by atoms with Crippen molar-refractivity contribution in [3.8, 4) is 0 Å². The Labute approximate surface area is 177 Å². The van der Waals surface area contributed by atoms with E-state index in [1.807, 2.05) is 12.1 Å². The van der Waals surface area contributed by atoms with Gasteiger partial charge >= 0.3 is 0 Å². The van der Waals surface area contributed by atoms with E-state index >= 15 is 0 Å². The highest BCUT2D eigenvalue weighted by Gasteiger charge is 2.34. The topological polar surface area (TPSA) is 37.4 Å². The Morgan fingerprint density at radius 2 is 1.41 bits per heavy atom. The van der Waals surface area contributed by atoms with Crippen LogP contribution in [-0.2, 0) is 16.6 Å². The van der Waals surface area contributed by atoms with Gasteiger partial charge in [-0.2, -0.15) is 4.31 Å². The van der Waals surface area contributed by atoms with E-state index in [-0.39, 0.29) is 11.6 Å². The second-order valence-electron chi connectivity index (χ2n) is 8.89. The highest BCUT2D eigenvalue weighted by Crippen LogP contribution is 2.19. The summed E-state index contributed by atoms with van der Waals surface area (Å²) in [6.07, 6.45) is 10.7. The van der Waals surface area contributed by atoms with E-state index in [0.29, 0.717) is 13.1 Å². The fraction of sp³-hybridized carbons (Fsp3) is 0.739. The number of likely N-dealkylation sites (N-methyl/N-ethyl adjacent to an activating group) is 1. The summed E-state index contributed by atoms with van der Waals surface area (Å²) in [7, 11) is -0.982. The summed E-state index contributed by atoms with van der Waals surface area (Å²) >= 11 is 0. The molecule has 1 aromatic carbocycles. The highest BCUT2D eigenvalue weighted by atomic mass is 32.2. The van der Waals surface area contributed by atoms with Gasteiger partial charge in [-0.1, -0.05) is 70.4 Å². The Morgan fingerprint density at radius 1 is 0.897 bits per heavy atom. The molecule has 0 aliphatic carbocycles. The minimum atomic E-state index is -3.14. The molecule has 1 heterocycles. The molecule has 0 unspecified atom stereocenters. The average Bonchev–Trinajstić information content (AvgIpc) is 2.69. The molecule has 0 radical (unpaired) electrons. The fourth-order valence-electron chi connectivity index (χ4n) is 4.12. The van der Waals surface area contributed by atoms with Crippen LogP contribution in [0.25, 0.3) is 0 Å².